The summed E-state index contributed by atoms with van der Waals surface area (Å²) in [5.74, 6) is 0.0970. The first-order valence-corrected chi connectivity index (χ1v) is 7.25. The van der Waals surface area contributed by atoms with Crippen LogP contribution in [0.25, 0.3) is 0 Å². The van der Waals surface area contributed by atoms with Gasteiger partial charge in [-0.3, -0.25) is 14.4 Å². The van der Waals surface area contributed by atoms with Gasteiger partial charge >= 0.3 is 0 Å². The van der Waals surface area contributed by atoms with Gasteiger partial charge in [0, 0.05) is 32.4 Å². The average molecular weight is 262 g/mol. The zero-order chi connectivity index (χ0) is 13.2. The van der Waals surface area contributed by atoms with Crippen LogP contribution in [0.3, 0.4) is 0 Å². The van der Waals surface area contributed by atoms with Crippen LogP contribution in [0.2, 0.25) is 0 Å². The van der Waals surface area contributed by atoms with E-state index in [2.05, 4.69) is 21.4 Å². The quantitative estimate of drug-likeness (QED) is 0.894. The fraction of sp³-hybridized carbons (Fsp3) is 0.714. The van der Waals surface area contributed by atoms with Crippen molar-refractivity contribution in [1.82, 2.24) is 20.0 Å². The van der Waals surface area contributed by atoms with Crippen molar-refractivity contribution in [3.05, 3.63) is 18.0 Å². The van der Waals surface area contributed by atoms with E-state index in [0.717, 1.165) is 13.1 Å². The van der Waals surface area contributed by atoms with E-state index in [1.54, 1.807) is 7.05 Å². The van der Waals surface area contributed by atoms with Crippen molar-refractivity contribution in [3.63, 3.8) is 0 Å². The Morgan fingerprint density at radius 1 is 1.47 bits per heavy atom. The third-order valence-corrected chi connectivity index (χ3v) is 4.45. The van der Waals surface area contributed by atoms with Crippen LogP contribution in [0, 0.1) is 0 Å². The molecule has 1 N–H and O–H groups in total. The number of aromatic nitrogens is 2. The molecule has 0 radical (unpaired) electrons. The van der Waals surface area contributed by atoms with Crippen LogP contribution in [0.4, 0.5) is 0 Å². The topological polar surface area (TPSA) is 50.2 Å². The number of nitrogens with one attached hydrogen (secondary N) is 1. The Bertz CT molecular complexity index is 450. The van der Waals surface area contributed by atoms with Gasteiger partial charge < -0.3 is 5.32 Å². The fourth-order valence-corrected chi connectivity index (χ4v) is 3.43. The van der Waals surface area contributed by atoms with Gasteiger partial charge in [-0.2, -0.15) is 5.10 Å². The summed E-state index contributed by atoms with van der Waals surface area (Å²) < 4.78 is 2.04. The lowest BCUT2D eigenvalue weighted by Crippen LogP contribution is -2.43. The lowest BCUT2D eigenvalue weighted by Gasteiger charge is -2.37. The van der Waals surface area contributed by atoms with Crippen molar-refractivity contribution in [2.45, 2.75) is 50.7 Å². The summed E-state index contributed by atoms with van der Waals surface area (Å²) in [4.78, 5) is 14.2. The Balaban J connectivity index is 1.77. The molecule has 5 nitrogen and oxygen atoms in total. The van der Waals surface area contributed by atoms with E-state index in [4.69, 9.17) is 0 Å². The smallest absolute Gasteiger partial charge is 0.221 e. The molecular weight excluding hydrogens is 240 g/mol. The van der Waals surface area contributed by atoms with E-state index in [1.165, 1.54) is 31.4 Å². The molecule has 2 heterocycles. The molecule has 19 heavy (non-hydrogen) atoms. The van der Waals surface area contributed by atoms with Gasteiger partial charge in [-0.1, -0.05) is 12.8 Å². The first-order valence-electron chi connectivity index (χ1n) is 7.25. The Morgan fingerprint density at radius 2 is 2.26 bits per heavy atom. The molecule has 0 saturated heterocycles. The minimum absolute atomic E-state index is 0.0970. The number of amides is 1. The zero-order valence-electron chi connectivity index (χ0n) is 11.5. The number of rotatable bonds is 3. The van der Waals surface area contributed by atoms with E-state index in [1.807, 2.05) is 10.9 Å². The molecule has 1 aromatic rings. The monoisotopic (exact) mass is 262 g/mol. The predicted octanol–water partition coefficient (Wildman–Crippen LogP) is 1.32. The minimum Gasteiger partial charge on any atom is -0.359 e. The van der Waals surface area contributed by atoms with E-state index >= 15 is 0 Å². The van der Waals surface area contributed by atoms with Crippen LogP contribution >= 0.6 is 0 Å². The molecule has 1 atom stereocenters. The fourth-order valence-electron chi connectivity index (χ4n) is 3.43. The molecule has 0 aromatic carbocycles. The van der Waals surface area contributed by atoms with E-state index in [0.29, 0.717) is 12.5 Å². The highest BCUT2D eigenvalue weighted by molar-refractivity contribution is 5.76. The summed E-state index contributed by atoms with van der Waals surface area (Å²) in [6, 6.07) is 2.97. The van der Waals surface area contributed by atoms with E-state index in [9.17, 15) is 4.79 Å². The Kier molecular flexibility index (Phi) is 3.55. The van der Waals surface area contributed by atoms with Gasteiger partial charge in [0.05, 0.1) is 18.2 Å². The Morgan fingerprint density at radius 3 is 3.00 bits per heavy atom. The first kappa shape index (κ1) is 12.7. The Hall–Kier alpha value is -1.36. The second-order valence-corrected chi connectivity index (χ2v) is 5.67. The van der Waals surface area contributed by atoms with Gasteiger partial charge in [0.1, 0.15) is 0 Å². The summed E-state index contributed by atoms with van der Waals surface area (Å²) in [5, 5.41) is 7.12. The molecule has 1 amide bonds. The molecule has 2 aliphatic rings. The van der Waals surface area contributed by atoms with E-state index in [-0.39, 0.29) is 11.9 Å². The summed E-state index contributed by atoms with van der Waals surface area (Å²) >= 11 is 0. The van der Waals surface area contributed by atoms with Gasteiger partial charge in [-0.05, 0) is 18.9 Å². The third kappa shape index (κ3) is 2.52. The molecule has 1 aromatic heterocycles. The number of hydrogen-bond donors (Lipinski definition) is 1. The minimum atomic E-state index is 0.0970. The lowest BCUT2D eigenvalue weighted by molar-refractivity contribution is -0.121. The number of carbonyl (C=O) groups excluding carboxylic acids is 1. The van der Waals surface area contributed by atoms with Crippen LogP contribution in [0.15, 0.2) is 12.3 Å². The molecule has 1 fully saturated rings. The lowest BCUT2D eigenvalue weighted by atomic mass is 10.1. The number of carbonyl (C=O) groups is 1. The maximum atomic E-state index is 11.7. The van der Waals surface area contributed by atoms with Crippen LogP contribution in [-0.4, -0.2) is 40.2 Å². The summed E-state index contributed by atoms with van der Waals surface area (Å²) in [7, 11) is 1.70. The van der Waals surface area contributed by atoms with Gasteiger partial charge in [0.25, 0.3) is 0 Å². The molecule has 104 valence electrons. The maximum Gasteiger partial charge on any atom is 0.221 e. The van der Waals surface area contributed by atoms with Crippen LogP contribution < -0.4 is 5.32 Å². The highest BCUT2D eigenvalue weighted by Gasteiger charge is 2.32. The van der Waals surface area contributed by atoms with Crippen molar-refractivity contribution in [2.24, 2.45) is 0 Å². The van der Waals surface area contributed by atoms with Gasteiger partial charge in [0.2, 0.25) is 5.91 Å². The molecule has 1 aliphatic heterocycles. The number of fused-ring (bicyclic) bond motifs is 1. The highest BCUT2D eigenvalue weighted by atomic mass is 16.1. The normalized spacial score (nSPS) is 24.4. The Labute approximate surface area is 114 Å². The highest BCUT2D eigenvalue weighted by Crippen LogP contribution is 2.30. The summed E-state index contributed by atoms with van der Waals surface area (Å²) in [6.45, 7) is 1.93. The average Bonchev–Trinajstić information content (AvgIpc) is 3.09. The second kappa shape index (κ2) is 5.33. The van der Waals surface area contributed by atoms with Crippen molar-refractivity contribution in [3.8, 4) is 0 Å². The van der Waals surface area contributed by atoms with Gasteiger partial charge in [-0.15, -0.1) is 0 Å². The second-order valence-electron chi connectivity index (χ2n) is 5.67. The van der Waals surface area contributed by atoms with Crippen molar-refractivity contribution in [1.29, 1.82) is 0 Å². The third-order valence-electron chi connectivity index (χ3n) is 4.45. The summed E-state index contributed by atoms with van der Waals surface area (Å²) in [5.41, 5.74) is 1.24. The van der Waals surface area contributed by atoms with Gasteiger partial charge in [0.15, 0.2) is 0 Å². The summed E-state index contributed by atoms with van der Waals surface area (Å²) in [6.07, 6.45) is 7.68. The van der Waals surface area contributed by atoms with Crippen molar-refractivity contribution >= 4 is 5.91 Å². The molecule has 1 saturated carbocycles. The molecule has 1 aliphatic carbocycles. The largest absolute Gasteiger partial charge is 0.359 e. The molecule has 3 rings (SSSR count). The number of nitrogens with zero attached hydrogens (tertiary/aromatic N) is 3. The van der Waals surface area contributed by atoms with Crippen molar-refractivity contribution < 1.29 is 4.79 Å². The molecule has 0 bridgehead atoms. The van der Waals surface area contributed by atoms with Crippen LogP contribution in [0.5, 0.6) is 0 Å². The number of hydrogen-bond acceptors (Lipinski definition) is 3. The first-order chi connectivity index (χ1) is 9.28. The zero-order valence-corrected chi connectivity index (χ0v) is 11.5. The molecule has 0 unspecified atom stereocenters. The molecular formula is C14H22N4O. The van der Waals surface area contributed by atoms with E-state index < -0.39 is 0 Å². The standard InChI is InChI=1S/C14H22N4O/c1-15-14(19)8-13-10-17(11-4-2-3-5-11)9-12-6-7-16-18(12)13/h6-7,11,13H,2-5,8-10H2,1H3,(H,15,19)/t13-/m1/s1. The SMILES string of the molecule is CNC(=O)C[C@@H]1CN(C2CCCC2)Cc2ccnn21. The maximum absolute atomic E-state index is 11.7. The van der Waals surface area contributed by atoms with Crippen LogP contribution in [-0.2, 0) is 11.3 Å². The predicted molar refractivity (Wildman–Crippen MR) is 72.6 cm³/mol. The van der Waals surface area contributed by atoms with Crippen LogP contribution in [0.1, 0.15) is 43.8 Å². The van der Waals surface area contributed by atoms with Gasteiger partial charge in [-0.25, -0.2) is 0 Å². The molecule has 0 spiro atoms. The molecule has 5 heteroatoms. The van der Waals surface area contributed by atoms with Crippen molar-refractivity contribution in [2.75, 3.05) is 13.6 Å².